The van der Waals surface area contributed by atoms with Crippen LogP contribution in [-0.2, 0) is 21.0 Å². The Labute approximate surface area is 201 Å². The fourth-order valence-electron chi connectivity index (χ4n) is 4.52. The maximum atomic E-state index is 13.6. The number of rotatable bonds is 5. The summed E-state index contributed by atoms with van der Waals surface area (Å²) >= 11 is 0. The first-order valence-corrected chi connectivity index (χ1v) is 12.4. The van der Waals surface area contributed by atoms with Gasteiger partial charge in [-0.15, -0.1) is 0 Å². The molecule has 10 heteroatoms. The van der Waals surface area contributed by atoms with E-state index in [1.807, 2.05) is 19.1 Å². The van der Waals surface area contributed by atoms with Gasteiger partial charge in [-0.1, -0.05) is 30.3 Å². The minimum atomic E-state index is -4.86. The van der Waals surface area contributed by atoms with Gasteiger partial charge in [0.25, 0.3) is 0 Å². The number of aromatic nitrogens is 1. The molecule has 1 fully saturated rings. The van der Waals surface area contributed by atoms with Crippen molar-refractivity contribution < 1.29 is 31.5 Å². The number of aliphatic carboxylic acids is 1. The zero-order chi connectivity index (χ0) is 25.4. The van der Waals surface area contributed by atoms with Crippen LogP contribution in [0.1, 0.15) is 35.6 Å². The van der Waals surface area contributed by atoms with Crippen molar-refractivity contribution in [3.05, 3.63) is 83.7 Å². The summed E-state index contributed by atoms with van der Waals surface area (Å²) in [5.41, 5.74) is 1.79. The first-order chi connectivity index (χ1) is 16.5. The number of carboxylic acid groups (broad SMARTS) is 1. The van der Waals surface area contributed by atoms with Gasteiger partial charge in [0.15, 0.2) is 0 Å². The molecule has 1 aliphatic rings. The number of aryl methyl sites for hydroxylation is 1. The van der Waals surface area contributed by atoms with Crippen molar-refractivity contribution in [2.75, 3.05) is 6.54 Å². The second kappa shape index (κ2) is 9.43. The lowest BCUT2D eigenvalue weighted by molar-refractivity contribution is -0.143. The highest BCUT2D eigenvalue weighted by atomic mass is 32.2. The monoisotopic (exact) mass is 504 g/mol. The van der Waals surface area contributed by atoms with Crippen LogP contribution in [0.15, 0.2) is 71.9 Å². The van der Waals surface area contributed by atoms with Gasteiger partial charge in [-0.2, -0.15) is 17.5 Å². The van der Waals surface area contributed by atoms with Crippen molar-refractivity contribution in [3.63, 3.8) is 0 Å². The highest BCUT2D eigenvalue weighted by molar-refractivity contribution is 7.89. The SMILES string of the molecule is Cc1cnccc1-c1cccc(C2CC(C(=O)O)CCN2S(=O)(=O)c2ccccc2C(F)(F)F)c1. The van der Waals surface area contributed by atoms with Crippen LogP contribution in [-0.4, -0.2) is 35.3 Å². The molecule has 184 valence electrons. The molecule has 0 bridgehead atoms. The summed E-state index contributed by atoms with van der Waals surface area (Å²) in [6.45, 7) is 1.66. The van der Waals surface area contributed by atoms with Gasteiger partial charge < -0.3 is 5.11 Å². The van der Waals surface area contributed by atoms with E-state index in [9.17, 15) is 31.5 Å². The summed E-state index contributed by atoms with van der Waals surface area (Å²) in [6.07, 6.45) is -1.60. The number of benzene rings is 2. The van der Waals surface area contributed by atoms with Crippen LogP contribution in [0.25, 0.3) is 11.1 Å². The van der Waals surface area contributed by atoms with Crippen LogP contribution in [0.5, 0.6) is 0 Å². The number of piperidine rings is 1. The van der Waals surface area contributed by atoms with Crippen LogP contribution >= 0.6 is 0 Å². The smallest absolute Gasteiger partial charge is 0.417 e. The Morgan fingerprint density at radius 2 is 1.86 bits per heavy atom. The van der Waals surface area contributed by atoms with Crippen molar-refractivity contribution in [1.29, 1.82) is 0 Å². The van der Waals surface area contributed by atoms with Gasteiger partial charge in [0.1, 0.15) is 0 Å². The molecule has 1 saturated heterocycles. The summed E-state index contributed by atoms with van der Waals surface area (Å²) < 4.78 is 69.1. The molecule has 1 aromatic heterocycles. The second-order valence-corrected chi connectivity index (χ2v) is 10.4. The highest BCUT2D eigenvalue weighted by Crippen LogP contribution is 2.42. The lowest BCUT2D eigenvalue weighted by Crippen LogP contribution is -2.43. The maximum absolute atomic E-state index is 13.6. The van der Waals surface area contributed by atoms with E-state index in [0.717, 1.165) is 39.2 Å². The zero-order valence-corrected chi connectivity index (χ0v) is 19.6. The van der Waals surface area contributed by atoms with Crippen LogP contribution < -0.4 is 0 Å². The molecule has 2 unspecified atom stereocenters. The number of pyridine rings is 1. The Balaban J connectivity index is 1.82. The van der Waals surface area contributed by atoms with Crippen LogP contribution in [0.4, 0.5) is 13.2 Å². The number of carboxylic acids is 1. The Hall–Kier alpha value is -3.24. The van der Waals surface area contributed by atoms with Crippen LogP contribution in [0, 0.1) is 12.8 Å². The molecular formula is C25H23F3N2O4S. The number of hydrogen-bond donors (Lipinski definition) is 1. The van der Waals surface area contributed by atoms with Gasteiger partial charge in [-0.05, 0) is 66.3 Å². The molecule has 2 aromatic carbocycles. The van der Waals surface area contributed by atoms with Crippen molar-refractivity contribution in [2.45, 2.75) is 36.9 Å². The Kier molecular flexibility index (Phi) is 6.70. The average Bonchev–Trinajstić information content (AvgIpc) is 2.83. The molecule has 4 rings (SSSR count). The normalized spacial score (nSPS) is 19.4. The Bertz CT molecular complexity index is 1360. The number of alkyl halides is 3. The van der Waals surface area contributed by atoms with Crippen LogP contribution in [0.2, 0.25) is 0 Å². The van der Waals surface area contributed by atoms with Gasteiger partial charge in [-0.3, -0.25) is 9.78 Å². The van der Waals surface area contributed by atoms with E-state index in [4.69, 9.17) is 0 Å². The minimum Gasteiger partial charge on any atom is -0.481 e. The van der Waals surface area contributed by atoms with Gasteiger partial charge >= 0.3 is 12.1 Å². The van der Waals surface area contributed by atoms with Crippen LogP contribution in [0.3, 0.4) is 0 Å². The Morgan fingerprint density at radius 3 is 2.54 bits per heavy atom. The molecule has 2 atom stereocenters. The molecule has 2 heterocycles. The number of nitrogens with zero attached hydrogens (tertiary/aromatic N) is 2. The fraction of sp³-hybridized carbons (Fsp3) is 0.280. The van der Waals surface area contributed by atoms with Gasteiger partial charge in [0.05, 0.1) is 22.4 Å². The molecule has 6 nitrogen and oxygen atoms in total. The number of hydrogen-bond acceptors (Lipinski definition) is 4. The topological polar surface area (TPSA) is 87.6 Å². The summed E-state index contributed by atoms with van der Waals surface area (Å²) in [4.78, 5) is 15.0. The third-order valence-corrected chi connectivity index (χ3v) is 8.25. The number of sulfonamides is 1. The molecular weight excluding hydrogens is 481 g/mol. The molecule has 0 radical (unpaired) electrons. The first kappa shape index (κ1) is 24.9. The third-order valence-electron chi connectivity index (χ3n) is 6.28. The minimum absolute atomic E-state index is 0.00238. The van der Waals surface area contributed by atoms with E-state index in [0.29, 0.717) is 5.56 Å². The van der Waals surface area contributed by atoms with Crippen molar-refractivity contribution >= 4 is 16.0 Å². The van der Waals surface area contributed by atoms with E-state index >= 15 is 0 Å². The predicted octanol–water partition coefficient (Wildman–Crippen LogP) is 5.30. The van der Waals surface area contributed by atoms with Gasteiger partial charge in [0, 0.05) is 18.9 Å². The second-order valence-electron chi connectivity index (χ2n) is 8.50. The molecule has 1 N–H and O–H groups in total. The van der Waals surface area contributed by atoms with Gasteiger partial charge in [-0.25, -0.2) is 8.42 Å². The Morgan fingerprint density at radius 1 is 1.11 bits per heavy atom. The fourth-order valence-corrected chi connectivity index (χ4v) is 6.37. The van der Waals surface area contributed by atoms with Crippen molar-refractivity contribution in [2.24, 2.45) is 5.92 Å². The third kappa shape index (κ3) is 4.94. The summed E-state index contributed by atoms with van der Waals surface area (Å²) in [6, 6.07) is 11.9. The summed E-state index contributed by atoms with van der Waals surface area (Å²) in [7, 11) is -4.60. The molecule has 0 amide bonds. The maximum Gasteiger partial charge on any atom is 0.417 e. The zero-order valence-electron chi connectivity index (χ0n) is 18.7. The standard InChI is InChI=1S/C25H23F3N2O4S/c1-16-15-29-11-9-20(16)17-5-4-6-18(13-17)22-14-19(24(31)32)10-12-30(22)35(33,34)23-8-3-2-7-21(23)25(26,27)28/h2-9,11,13,15,19,22H,10,12,14H2,1H3,(H,31,32). The summed E-state index contributed by atoms with van der Waals surface area (Å²) in [5, 5.41) is 9.61. The molecule has 35 heavy (non-hydrogen) atoms. The summed E-state index contributed by atoms with van der Waals surface area (Å²) in [5.74, 6) is -1.89. The quantitative estimate of drug-likeness (QED) is 0.509. The van der Waals surface area contributed by atoms with E-state index in [-0.39, 0.29) is 19.4 Å². The molecule has 0 spiro atoms. The van der Waals surface area contributed by atoms with E-state index < -0.39 is 44.6 Å². The predicted molar refractivity (Wildman–Crippen MR) is 123 cm³/mol. The highest BCUT2D eigenvalue weighted by Gasteiger charge is 2.44. The lowest BCUT2D eigenvalue weighted by Gasteiger charge is -2.38. The molecule has 0 aliphatic carbocycles. The molecule has 3 aromatic rings. The number of halogens is 3. The van der Waals surface area contributed by atoms with E-state index in [1.165, 1.54) is 6.07 Å². The first-order valence-electron chi connectivity index (χ1n) is 10.9. The van der Waals surface area contributed by atoms with Crippen molar-refractivity contribution in [1.82, 2.24) is 9.29 Å². The van der Waals surface area contributed by atoms with E-state index in [1.54, 1.807) is 30.6 Å². The molecule has 0 saturated carbocycles. The average molecular weight is 505 g/mol. The largest absolute Gasteiger partial charge is 0.481 e. The molecule has 1 aliphatic heterocycles. The van der Waals surface area contributed by atoms with E-state index in [2.05, 4.69) is 4.98 Å². The van der Waals surface area contributed by atoms with Gasteiger partial charge in [0.2, 0.25) is 10.0 Å². The number of carbonyl (C=O) groups is 1. The van der Waals surface area contributed by atoms with Crippen molar-refractivity contribution in [3.8, 4) is 11.1 Å². The lowest BCUT2D eigenvalue weighted by atomic mass is 9.87.